The summed E-state index contributed by atoms with van der Waals surface area (Å²) in [6.07, 6.45) is 4.42. The molecule has 0 aromatic heterocycles. The van der Waals surface area contributed by atoms with E-state index in [1.54, 1.807) is 0 Å². The topological polar surface area (TPSA) is 0 Å². The van der Waals surface area contributed by atoms with E-state index < -0.39 is 6.73 Å². The van der Waals surface area contributed by atoms with Crippen LogP contribution < -0.4 is 0 Å². The maximum Gasteiger partial charge on any atom is 0.326 e. The Kier molecular flexibility index (Phi) is 7.24. The van der Waals surface area contributed by atoms with Crippen molar-refractivity contribution in [1.82, 2.24) is 0 Å². The van der Waals surface area contributed by atoms with Gasteiger partial charge in [0.1, 0.15) is 0 Å². The standard InChI is InChI=1S/C7H14.Cl3HSi/c1-6-4-3-5-7(6)2;1-4(2)3/h6-7H,3-5H2,1-2H3;4H. The van der Waals surface area contributed by atoms with Gasteiger partial charge >= 0.3 is 6.73 Å². The average molecular weight is 234 g/mol. The lowest BCUT2D eigenvalue weighted by atomic mass is 10.0. The molecule has 0 aromatic carbocycles. The summed E-state index contributed by atoms with van der Waals surface area (Å²) in [4.78, 5) is 0. The van der Waals surface area contributed by atoms with Crippen LogP contribution in [0.1, 0.15) is 33.1 Å². The fourth-order valence-electron chi connectivity index (χ4n) is 1.33. The second-order valence-electron chi connectivity index (χ2n) is 3.13. The van der Waals surface area contributed by atoms with Gasteiger partial charge < -0.3 is 0 Å². The summed E-state index contributed by atoms with van der Waals surface area (Å²) in [7, 11) is 0. The molecule has 1 fully saturated rings. The van der Waals surface area contributed by atoms with Gasteiger partial charge in [-0.2, -0.15) is 0 Å². The highest BCUT2D eigenvalue weighted by atomic mass is 35.8. The van der Waals surface area contributed by atoms with E-state index in [0.717, 1.165) is 11.8 Å². The monoisotopic (exact) mass is 232 g/mol. The van der Waals surface area contributed by atoms with Crippen molar-refractivity contribution in [3.63, 3.8) is 0 Å². The van der Waals surface area contributed by atoms with Crippen LogP contribution in [0.5, 0.6) is 0 Å². The highest BCUT2D eigenvalue weighted by Gasteiger charge is 2.17. The van der Waals surface area contributed by atoms with Gasteiger partial charge in [-0.15, -0.1) is 33.2 Å². The van der Waals surface area contributed by atoms with Crippen molar-refractivity contribution in [3.8, 4) is 0 Å². The maximum atomic E-state index is 4.94. The third kappa shape index (κ3) is 7.45. The molecule has 0 bridgehead atoms. The minimum absolute atomic E-state index is 1.01. The molecule has 1 aliphatic carbocycles. The van der Waals surface area contributed by atoms with Crippen LogP contribution in [0.4, 0.5) is 0 Å². The Balaban J connectivity index is 0.000000218. The SMILES string of the molecule is CC1CCCC1C.Cl[SiH](Cl)Cl. The summed E-state index contributed by atoms with van der Waals surface area (Å²) in [6, 6.07) is 0. The van der Waals surface area contributed by atoms with Crippen LogP contribution in [0.3, 0.4) is 0 Å². The lowest BCUT2D eigenvalue weighted by Gasteiger charge is -2.05. The maximum absolute atomic E-state index is 4.94. The smallest absolute Gasteiger partial charge is 0.130 e. The first-order valence-electron chi connectivity index (χ1n) is 3.96. The Morgan fingerprint density at radius 1 is 1.00 bits per heavy atom. The lowest BCUT2D eigenvalue weighted by molar-refractivity contribution is 0.457. The van der Waals surface area contributed by atoms with Gasteiger partial charge in [-0.1, -0.05) is 33.1 Å². The molecule has 0 spiro atoms. The molecule has 0 aromatic rings. The molecule has 4 heteroatoms. The van der Waals surface area contributed by atoms with Gasteiger partial charge in [0.15, 0.2) is 0 Å². The fraction of sp³-hybridized carbons (Fsp3) is 1.00. The Morgan fingerprint density at radius 3 is 1.36 bits per heavy atom. The Morgan fingerprint density at radius 2 is 1.27 bits per heavy atom. The van der Waals surface area contributed by atoms with Crippen LogP contribution in [-0.4, -0.2) is 6.73 Å². The van der Waals surface area contributed by atoms with Gasteiger partial charge in [0.2, 0.25) is 0 Å². The van der Waals surface area contributed by atoms with Gasteiger partial charge in [0, 0.05) is 0 Å². The molecule has 2 unspecified atom stereocenters. The zero-order valence-electron chi connectivity index (χ0n) is 6.99. The molecule has 0 heterocycles. The summed E-state index contributed by atoms with van der Waals surface area (Å²) < 4.78 is 0. The molecule has 2 atom stereocenters. The first-order valence-corrected chi connectivity index (χ1v) is 9.20. The number of hydrogen-bond acceptors (Lipinski definition) is 0. The first-order chi connectivity index (χ1) is 5.04. The molecule has 11 heavy (non-hydrogen) atoms. The predicted molar refractivity (Wildman–Crippen MR) is 56.9 cm³/mol. The molecule has 68 valence electrons. The number of halogens is 3. The summed E-state index contributed by atoms with van der Waals surface area (Å²) in [5.74, 6) is 2.03. The molecule has 0 aliphatic heterocycles. The molecule has 0 nitrogen and oxygen atoms in total. The minimum atomic E-state index is -1.72. The summed E-state index contributed by atoms with van der Waals surface area (Å²) in [6.45, 7) is 3.00. The van der Waals surface area contributed by atoms with Crippen LogP contribution in [0.15, 0.2) is 0 Å². The zero-order valence-corrected chi connectivity index (χ0v) is 10.4. The molecule has 0 radical (unpaired) electrons. The largest absolute Gasteiger partial charge is 0.326 e. The normalized spacial score (nSPS) is 30.0. The summed E-state index contributed by atoms with van der Waals surface area (Å²) in [5, 5.41) is 0. The van der Waals surface area contributed by atoms with E-state index in [0.29, 0.717) is 0 Å². The molecular formula is C7H15Cl3Si. The van der Waals surface area contributed by atoms with Crippen molar-refractivity contribution >= 4 is 40.0 Å². The van der Waals surface area contributed by atoms with E-state index in [-0.39, 0.29) is 0 Å². The van der Waals surface area contributed by atoms with E-state index in [9.17, 15) is 0 Å². The minimum Gasteiger partial charge on any atom is -0.130 e. The molecule has 0 saturated heterocycles. The second kappa shape index (κ2) is 6.59. The van der Waals surface area contributed by atoms with Crippen LogP contribution in [-0.2, 0) is 0 Å². The fourth-order valence-corrected chi connectivity index (χ4v) is 1.33. The first kappa shape index (κ1) is 12.1. The second-order valence-corrected chi connectivity index (χ2v) is 9.57. The summed E-state index contributed by atoms with van der Waals surface area (Å²) >= 11 is 14.8. The van der Waals surface area contributed by atoms with Gasteiger partial charge in [-0.25, -0.2) is 0 Å². The van der Waals surface area contributed by atoms with Crippen LogP contribution >= 0.6 is 33.2 Å². The highest BCUT2D eigenvalue weighted by molar-refractivity contribution is 7.54. The summed E-state index contributed by atoms with van der Waals surface area (Å²) in [5.41, 5.74) is 0. The molecule has 1 aliphatic rings. The van der Waals surface area contributed by atoms with Gasteiger partial charge in [0.25, 0.3) is 0 Å². The molecule has 1 rings (SSSR count). The van der Waals surface area contributed by atoms with Crippen LogP contribution in [0.25, 0.3) is 0 Å². The van der Waals surface area contributed by atoms with E-state index in [1.165, 1.54) is 19.3 Å². The van der Waals surface area contributed by atoms with Crippen molar-refractivity contribution < 1.29 is 0 Å². The van der Waals surface area contributed by atoms with E-state index in [2.05, 4.69) is 13.8 Å². The van der Waals surface area contributed by atoms with E-state index >= 15 is 0 Å². The quantitative estimate of drug-likeness (QED) is 0.440. The van der Waals surface area contributed by atoms with Gasteiger partial charge in [0.05, 0.1) is 0 Å². The zero-order chi connectivity index (χ0) is 8.85. The third-order valence-corrected chi connectivity index (χ3v) is 2.29. The Hall–Kier alpha value is 1.09. The van der Waals surface area contributed by atoms with E-state index in [1.807, 2.05) is 0 Å². The molecule has 0 amide bonds. The Bertz CT molecular complexity index is 86.9. The van der Waals surface area contributed by atoms with Crippen LogP contribution in [0.2, 0.25) is 0 Å². The van der Waals surface area contributed by atoms with E-state index in [4.69, 9.17) is 33.2 Å². The van der Waals surface area contributed by atoms with Crippen LogP contribution in [0, 0.1) is 11.8 Å². The molecule has 1 saturated carbocycles. The molecular weight excluding hydrogens is 219 g/mol. The third-order valence-electron chi connectivity index (χ3n) is 2.29. The van der Waals surface area contributed by atoms with Crippen molar-refractivity contribution in [2.75, 3.05) is 0 Å². The molecule has 0 N–H and O–H groups in total. The predicted octanol–water partition coefficient (Wildman–Crippen LogP) is 3.86. The average Bonchev–Trinajstić information content (AvgIpc) is 2.15. The van der Waals surface area contributed by atoms with Crippen molar-refractivity contribution in [1.29, 1.82) is 0 Å². The Labute approximate surface area is 84.9 Å². The van der Waals surface area contributed by atoms with Crippen molar-refractivity contribution in [2.45, 2.75) is 33.1 Å². The number of hydrogen-bond donors (Lipinski definition) is 0. The van der Waals surface area contributed by atoms with Crippen molar-refractivity contribution in [2.24, 2.45) is 11.8 Å². The van der Waals surface area contributed by atoms with Gasteiger partial charge in [-0.05, 0) is 11.8 Å². The number of rotatable bonds is 0. The lowest BCUT2D eigenvalue weighted by Crippen LogP contribution is -1.95. The van der Waals surface area contributed by atoms with Crippen molar-refractivity contribution in [3.05, 3.63) is 0 Å². The van der Waals surface area contributed by atoms with Gasteiger partial charge in [-0.3, -0.25) is 0 Å². The highest BCUT2D eigenvalue weighted by Crippen LogP contribution is 2.29.